The van der Waals surface area contributed by atoms with Crippen molar-refractivity contribution >= 4 is 11.5 Å². The van der Waals surface area contributed by atoms with E-state index in [1.165, 1.54) is 0 Å². The molecule has 0 atom stereocenters. The molecule has 5 nitrogen and oxygen atoms in total. The third kappa shape index (κ3) is 3.00. The highest BCUT2D eigenvalue weighted by molar-refractivity contribution is 5.60. The van der Waals surface area contributed by atoms with Gasteiger partial charge >= 0.3 is 0 Å². The maximum atomic E-state index is 5.62. The van der Waals surface area contributed by atoms with Crippen molar-refractivity contribution in [3.8, 4) is 5.75 Å². The average molecular weight is 224 g/mol. The summed E-state index contributed by atoms with van der Waals surface area (Å²) in [6, 6.07) is 1.75. The molecule has 0 fully saturated rings. The van der Waals surface area contributed by atoms with E-state index >= 15 is 0 Å². The van der Waals surface area contributed by atoms with Crippen LogP contribution in [0.5, 0.6) is 5.75 Å². The van der Waals surface area contributed by atoms with Crippen LogP contribution < -0.4 is 20.7 Å². The number of nitrogens with zero attached hydrogens (tertiary/aromatic N) is 2. The number of hydrogen-bond donors (Lipinski definition) is 2. The third-order valence-electron chi connectivity index (χ3n) is 2.44. The van der Waals surface area contributed by atoms with Gasteiger partial charge in [0.2, 0.25) is 0 Å². The van der Waals surface area contributed by atoms with Crippen molar-refractivity contribution in [2.75, 3.05) is 44.4 Å². The monoisotopic (exact) mass is 224 g/mol. The lowest BCUT2D eigenvalue weighted by atomic mass is 10.3. The number of anilines is 2. The summed E-state index contributed by atoms with van der Waals surface area (Å²) in [4.78, 5) is 6.30. The van der Waals surface area contributed by atoms with E-state index < -0.39 is 0 Å². The number of rotatable bonds is 6. The van der Waals surface area contributed by atoms with Crippen molar-refractivity contribution in [2.24, 2.45) is 0 Å². The molecule has 3 N–H and O–H groups in total. The molecule has 5 heteroatoms. The first kappa shape index (κ1) is 12.6. The van der Waals surface area contributed by atoms with E-state index in [0.717, 1.165) is 31.1 Å². The van der Waals surface area contributed by atoms with Crippen LogP contribution in [0.1, 0.15) is 6.92 Å². The Bertz CT molecular complexity index is 330. The number of aromatic nitrogens is 1. The Kier molecular flexibility index (Phi) is 4.85. The summed E-state index contributed by atoms with van der Waals surface area (Å²) in [5.41, 5.74) is 6.60. The summed E-state index contributed by atoms with van der Waals surface area (Å²) < 4.78 is 5.31. The summed E-state index contributed by atoms with van der Waals surface area (Å²) >= 11 is 0. The molecular formula is C11H20N4O. The lowest BCUT2D eigenvalue weighted by Gasteiger charge is -2.24. The summed E-state index contributed by atoms with van der Waals surface area (Å²) in [6.07, 6.45) is 1.76. The predicted octanol–water partition coefficient (Wildman–Crippen LogP) is 0.718. The van der Waals surface area contributed by atoms with E-state index in [9.17, 15) is 0 Å². The molecule has 0 aliphatic heterocycles. The molecule has 1 aromatic heterocycles. The molecule has 0 aromatic carbocycles. The highest BCUT2D eigenvalue weighted by Crippen LogP contribution is 2.28. The van der Waals surface area contributed by atoms with Gasteiger partial charge in [0, 0.05) is 25.7 Å². The van der Waals surface area contributed by atoms with E-state index in [0.29, 0.717) is 5.82 Å². The van der Waals surface area contributed by atoms with Crippen molar-refractivity contribution in [1.29, 1.82) is 0 Å². The number of nitrogen functional groups attached to an aromatic ring is 1. The zero-order valence-electron chi connectivity index (χ0n) is 10.2. The molecule has 90 valence electrons. The Balaban J connectivity index is 2.90. The van der Waals surface area contributed by atoms with E-state index in [1.807, 2.05) is 7.05 Å². The van der Waals surface area contributed by atoms with Crippen molar-refractivity contribution in [1.82, 2.24) is 10.3 Å². The maximum absolute atomic E-state index is 5.62. The molecule has 0 amide bonds. The predicted molar refractivity (Wildman–Crippen MR) is 67.0 cm³/mol. The summed E-state index contributed by atoms with van der Waals surface area (Å²) in [7, 11) is 3.58. The standard InChI is InChI=1S/C11H20N4O/c1-4-15(6-5-13-2)9-8-14-11(12)7-10(9)16-3/h7-8,13H,4-6H2,1-3H3,(H2,12,14). The molecule has 0 saturated carbocycles. The zero-order chi connectivity index (χ0) is 12.0. The van der Waals surface area contributed by atoms with Gasteiger partial charge < -0.3 is 20.7 Å². The highest BCUT2D eigenvalue weighted by Gasteiger charge is 2.10. The molecule has 0 radical (unpaired) electrons. The minimum atomic E-state index is 0.477. The minimum Gasteiger partial charge on any atom is -0.494 e. The quantitative estimate of drug-likeness (QED) is 0.745. The van der Waals surface area contributed by atoms with Crippen LogP contribution in [0.2, 0.25) is 0 Å². The maximum Gasteiger partial charge on any atom is 0.147 e. The molecule has 1 aromatic rings. The van der Waals surface area contributed by atoms with Gasteiger partial charge in [-0.1, -0.05) is 0 Å². The van der Waals surface area contributed by atoms with E-state index in [2.05, 4.69) is 22.1 Å². The molecular weight excluding hydrogens is 204 g/mol. The van der Waals surface area contributed by atoms with Gasteiger partial charge in [0.05, 0.1) is 19.0 Å². The van der Waals surface area contributed by atoms with Gasteiger partial charge in [-0.2, -0.15) is 0 Å². The van der Waals surface area contributed by atoms with Crippen LogP contribution in [-0.4, -0.2) is 38.8 Å². The number of pyridine rings is 1. The van der Waals surface area contributed by atoms with Crippen LogP contribution >= 0.6 is 0 Å². The van der Waals surface area contributed by atoms with E-state index in [1.54, 1.807) is 19.4 Å². The Morgan fingerprint density at radius 3 is 2.88 bits per heavy atom. The SMILES string of the molecule is CCN(CCNC)c1cnc(N)cc1OC. The molecule has 0 unspecified atom stereocenters. The molecule has 16 heavy (non-hydrogen) atoms. The van der Waals surface area contributed by atoms with Gasteiger partial charge in [-0.15, -0.1) is 0 Å². The van der Waals surface area contributed by atoms with Gasteiger partial charge in [0.15, 0.2) is 0 Å². The number of hydrogen-bond acceptors (Lipinski definition) is 5. The number of methoxy groups -OCH3 is 1. The van der Waals surface area contributed by atoms with Crippen molar-refractivity contribution in [3.05, 3.63) is 12.3 Å². The first-order valence-electron chi connectivity index (χ1n) is 5.42. The fraction of sp³-hybridized carbons (Fsp3) is 0.545. The van der Waals surface area contributed by atoms with Gasteiger partial charge in [-0.25, -0.2) is 4.98 Å². The first-order chi connectivity index (χ1) is 7.72. The molecule has 0 spiro atoms. The first-order valence-corrected chi connectivity index (χ1v) is 5.42. The zero-order valence-corrected chi connectivity index (χ0v) is 10.2. The Labute approximate surface area is 96.6 Å². The molecule has 0 aliphatic rings. The van der Waals surface area contributed by atoms with E-state index in [-0.39, 0.29) is 0 Å². The van der Waals surface area contributed by atoms with Crippen LogP contribution in [0.4, 0.5) is 11.5 Å². The van der Waals surface area contributed by atoms with Crippen LogP contribution in [0.3, 0.4) is 0 Å². The lowest BCUT2D eigenvalue weighted by molar-refractivity contribution is 0.414. The summed E-state index contributed by atoms with van der Waals surface area (Å²) in [5, 5.41) is 3.12. The molecule has 0 aliphatic carbocycles. The smallest absolute Gasteiger partial charge is 0.147 e. The average Bonchev–Trinajstić information content (AvgIpc) is 2.31. The van der Waals surface area contributed by atoms with Crippen LogP contribution in [0, 0.1) is 0 Å². The second kappa shape index (κ2) is 6.17. The van der Waals surface area contributed by atoms with Gasteiger partial charge in [-0.05, 0) is 14.0 Å². The van der Waals surface area contributed by atoms with Crippen molar-refractivity contribution in [2.45, 2.75) is 6.92 Å². The number of likely N-dealkylation sites (N-methyl/N-ethyl adjacent to an activating group) is 2. The minimum absolute atomic E-state index is 0.477. The van der Waals surface area contributed by atoms with Gasteiger partial charge in [0.25, 0.3) is 0 Å². The summed E-state index contributed by atoms with van der Waals surface area (Å²) in [5.74, 6) is 1.25. The molecule has 1 heterocycles. The van der Waals surface area contributed by atoms with Crippen LogP contribution in [-0.2, 0) is 0 Å². The third-order valence-corrected chi connectivity index (χ3v) is 2.44. The number of nitrogens with two attached hydrogens (primary N) is 1. The van der Waals surface area contributed by atoms with E-state index in [4.69, 9.17) is 10.5 Å². The number of ether oxygens (including phenoxy) is 1. The fourth-order valence-electron chi connectivity index (χ4n) is 1.54. The fourth-order valence-corrected chi connectivity index (χ4v) is 1.54. The molecule has 1 rings (SSSR count). The number of nitrogens with one attached hydrogen (secondary N) is 1. The van der Waals surface area contributed by atoms with Crippen LogP contribution in [0.15, 0.2) is 12.3 Å². The highest BCUT2D eigenvalue weighted by atomic mass is 16.5. The van der Waals surface area contributed by atoms with Gasteiger partial charge in [-0.3, -0.25) is 0 Å². The lowest BCUT2D eigenvalue weighted by Crippen LogP contribution is -2.31. The normalized spacial score (nSPS) is 10.2. The molecule has 0 bridgehead atoms. The topological polar surface area (TPSA) is 63.4 Å². The summed E-state index contributed by atoms with van der Waals surface area (Å²) in [6.45, 7) is 4.84. The Morgan fingerprint density at radius 2 is 2.31 bits per heavy atom. The second-order valence-electron chi connectivity index (χ2n) is 3.46. The van der Waals surface area contributed by atoms with Gasteiger partial charge in [0.1, 0.15) is 11.6 Å². The van der Waals surface area contributed by atoms with Crippen LogP contribution in [0.25, 0.3) is 0 Å². The second-order valence-corrected chi connectivity index (χ2v) is 3.46. The van der Waals surface area contributed by atoms with Crippen molar-refractivity contribution < 1.29 is 4.74 Å². The largest absolute Gasteiger partial charge is 0.494 e. The van der Waals surface area contributed by atoms with Crippen molar-refractivity contribution in [3.63, 3.8) is 0 Å². The Morgan fingerprint density at radius 1 is 1.56 bits per heavy atom. The molecule has 0 saturated heterocycles. The Hall–Kier alpha value is -1.49.